The average molecular weight is 479 g/mol. The minimum absolute atomic E-state index is 0.0180. The van der Waals surface area contributed by atoms with Crippen molar-refractivity contribution in [2.45, 2.75) is 0 Å². The van der Waals surface area contributed by atoms with Crippen LogP contribution in [0.2, 0.25) is 0 Å². The zero-order valence-corrected chi connectivity index (χ0v) is 19.0. The standard InChI is InChI=1S/C25H19FN2O5S/c1-31-21-13-15(20(26)14-22(21)32-2)12-19-23(29)27-25(34)28(24(19)30)16-8-10-18(11-9-16)33-17-6-4-3-5-7-17/h3-14H,1-2H3,(H,27,29,34)/b19-12+. The lowest BCUT2D eigenvalue weighted by Crippen LogP contribution is -2.54. The van der Waals surface area contributed by atoms with Crippen molar-refractivity contribution >= 4 is 40.9 Å². The van der Waals surface area contributed by atoms with E-state index in [0.29, 0.717) is 17.2 Å². The highest BCUT2D eigenvalue weighted by Crippen LogP contribution is 2.32. The van der Waals surface area contributed by atoms with Crippen LogP contribution in [0.15, 0.2) is 72.3 Å². The first-order valence-electron chi connectivity index (χ1n) is 10.1. The smallest absolute Gasteiger partial charge is 0.270 e. The normalized spacial score (nSPS) is 14.7. The van der Waals surface area contributed by atoms with Crippen LogP contribution in [0, 0.1) is 5.82 Å². The van der Waals surface area contributed by atoms with Gasteiger partial charge >= 0.3 is 0 Å². The molecule has 0 bridgehead atoms. The van der Waals surface area contributed by atoms with Crippen molar-refractivity contribution in [3.05, 3.63) is 83.7 Å². The third-order valence-electron chi connectivity index (χ3n) is 4.98. The highest BCUT2D eigenvalue weighted by atomic mass is 32.1. The Morgan fingerprint density at radius 3 is 2.18 bits per heavy atom. The minimum Gasteiger partial charge on any atom is -0.493 e. The van der Waals surface area contributed by atoms with Crippen molar-refractivity contribution < 1.29 is 28.2 Å². The number of hydrogen-bond acceptors (Lipinski definition) is 6. The summed E-state index contributed by atoms with van der Waals surface area (Å²) < 4.78 is 30.6. The van der Waals surface area contributed by atoms with E-state index in [1.165, 1.54) is 20.3 Å². The van der Waals surface area contributed by atoms with Crippen LogP contribution < -0.4 is 24.4 Å². The van der Waals surface area contributed by atoms with Crippen molar-refractivity contribution in [1.29, 1.82) is 0 Å². The Kier molecular flexibility index (Phi) is 6.55. The van der Waals surface area contributed by atoms with Crippen LogP contribution in [0.5, 0.6) is 23.0 Å². The van der Waals surface area contributed by atoms with Gasteiger partial charge in [0.05, 0.1) is 19.9 Å². The van der Waals surface area contributed by atoms with E-state index < -0.39 is 17.6 Å². The van der Waals surface area contributed by atoms with Gasteiger partial charge in [-0.05, 0) is 60.8 Å². The number of rotatable bonds is 6. The lowest BCUT2D eigenvalue weighted by atomic mass is 10.1. The van der Waals surface area contributed by atoms with Gasteiger partial charge in [0, 0.05) is 11.6 Å². The quantitative estimate of drug-likeness (QED) is 0.320. The number of hydrogen-bond donors (Lipinski definition) is 1. The first-order valence-corrected chi connectivity index (χ1v) is 10.5. The molecule has 0 saturated carbocycles. The molecule has 0 spiro atoms. The van der Waals surface area contributed by atoms with Gasteiger partial charge in [-0.15, -0.1) is 0 Å². The van der Waals surface area contributed by atoms with Crippen LogP contribution in [-0.4, -0.2) is 31.1 Å². The molecule has 0 aromatic heterocycles. The zero-order valence-electron chi connectivity index (χ0n) is 18.2. The van der Waals surface area contributed by atoms with Crippen molar-refractivity contribution in [3.63, 3.8) is 0 Å². The van der Waals surface area contributed by atoms with E-state index >= 15 is 0 Å². The zero-order chi connectivity index (χ0) is 24.2. The molecule has 4 rings (SSSR count). The number of amides is 2. The van der Waals surface area contributed by atoms with E-state index in [4.69, 9.17) is 26.4 Å². The molecular weight excluding hydrogens is 459 g/mol. The number of thiocarbonyl (C=S) groups is 1. The molecule has 2 amide bonds. The van der Waals surface area contributed by atoms with Crippen LogP contribution >= 0.6 is 12.2 Å². The molecule has 0 atom stereocenters. The van der Waals surface area contributed by atoms with Gasteiger partial charge in [0.2, 0.25) is 0 Å². The third-order valence-corrected chi connectivity index (χ3v) is 5.26. The molecule has 1 saturated heterocycles. The van der Waals surface area contributed by atoms with Crippen molar-refractivity contribution in [1.82, 2.24) is 5.32 Å². The fourth-order valence-corrected chi connectivity index (χ4v) is 3.60. The monoisotopic (exact) mass is 478 g/mol. The summed E-state index contributed by atoms with van der Waals surface area (Å²) in [6.45, 7) is 0. The second kappa shape index (κ2) is 9.72. The molecule has 0 radical (unpaired) electrons. The van der Waals surface area contributed by atoms with Gasteiger partial charge in [-0.1, -0.05) is 18.2 Å². The molecule has 0 aliphatic carbocycles. The molecule has 7 nitrogen and oxygen atoms in total. The first-order chi connectivity index (χ1) is 16.4. The summed E-state index contributed by atoms with van der Waals surface area (Å²) in [4.78, 5) is 26.9. The number of nitrogens with one attached hydrogen (secondary N) is 1. The average Bonchev–Trinajstić information content (AvgIpc) is 2.84. The largest absolute Gasteiger partial charge is 0.493 e. The highest BCUT2D eigenvalue weighted by Gasteiger charge is 2.34. The van der Waals surface area contributed by atoms with Crippen LogP contribution in [0.4, 0.5) is 10.1 Å². The summed E-state index contributed by atoms with van der Waals surface area (Å²) in [5, 5.41) is 2.39. The van der Waals surface area contributed by atoms with E-state index in [1.807, 2.05) is 30.3 Å². The summed E-state index contributed by atoms with van der Waals surface area (Å²) in [5.41, 5.74) is 0.106. The number of carbonyl (C=O) groups is 2. The SMILES string of the molecule is COc1cc(F)c(/C=C2\C(=O)NC(=S)N(c3ccc(Oc4ccccc4)cc3)C2=O)cc1OC. The van der Waals surface area contributed by atoms with Gasteiger partial charge in [-0.3, -0.25) is 19.8 Å². The molecule has 1 heterocycles. The lowest BCUT2D eigenvalue weighted by molar-refractivity contribution is -0.122. The predicted molar refractivity (Wildman–Crippen MR) is 129 cm³/mol. The molecule has 34 heavy (non-hydrogen) atoms. The second-order valence-electron chi connectivity index (χ2n) is 7.10. The van der Waals surface area contributed by atoms with Crippen LogP contribution in [-0.2, 0) is 9.59 Å². The molecule has 1 aliphatic heterocycles. The van der Waals surface area contributed by atoms with E-state index in [1.54, 1.807) is 24.3 Å². The maximum absolute atomic E-state index is 14.6. The van der Waals surface area contributed by atoms with Crippen LogP contribution in [0.3, 0.4) is 0 Å². The number of para-hydroxylation sites is 1. The van der Waals surface area contributed by atoms with Crippen molar-refractivity contribution in [3.8, 4) is 23.0 Å². The maximum atomic E-state index is 14.6. The third kappa shape index (κ3) is 4.60. The van der Waals surface area contributed by atoms with Gasteiger partial charge in [0.15, 0.2) is 16.6 Å². The Balaban J connectivity index is 1.64. The minimum atomic E-state index is -0.732. The number of carbonyl (C=O) groups excluding carboxylic acids is 2. The van der Waals surface area contributed by atoms with E-state index in [9.17, 15) is 14.0 Å². The Morgan fingerprint density at radius 1 is 0.912 bits per heavy atom. The van der Waals surface area contributed by atoms with E-state index in [0.717, 1.165) is 17.0 Å². The summed E-state index contributed by atoms with van der Waals surface area (Å²) in [7, 11) is 2.78. The molecule has 172 valence electrons. The number of ether oxygens (including phenoxy) is 3. The van der Waals surface area contributed by atoms with Crippen molar-refractivity contribution in [2.75, 3.05) is 19.1 Å². The van der Waals surface area contributed by atoms with Gasteiger partial charge < -0.3 is 14.2 Å². The summed E-state index contributed by atoms with van der Waals surface area (Å²) in [6.07, 6.45) is 1.15. The molecule has 3 aromatic carbocycles. The van der Waals surface area contributed by atoms with Gasteiger partial charge in [-0.2, -0.15) is 0 Å². The maximum Gasteiger partial charge on any atom is 0.270 e. The second-order valence-corrected chi connectivity index (χ2v) is 7.48. The number of benzene rings is 3. The van der Waals surface area contributed by atoms with Gasteiger partial charge in [0.25, 0.3) is 11.8 Å². The molecule has 1 aliphatic rings. The Morgan fingerprint density at radius 2 is 1.53 bits per heavy atom. The first kappa shape index (κ1) is 22.9. The molecule has 1 N–H and O–H groups in total. The number of methoxy groups -OCH3 is 2. The predicted octanol–water partition coefficient (Wildman–Crippen LogP) is 4.47. The molecule has 1 fully saturated rings. The number of anilines is 1. The Labute approximate surface area is 200 Å². The Bertz CT molecular complexity index is 1290. The molecular formula is C25H19FN2O5S. The van der Waals surface area contributed by atoms with Crippen molar-refractivity contribution in [2.24, 2.45) is 0 Å². The summed E-state index contributed by atoms with van der Waals surface area (Å²) in [5.74, 6) is -0.466. The molecule has 3 aromatic rings. The van der Waals surface area contributed by atoms with Gasteiger partial charge in [-0.25, -0.2) is 4.39 Å². The Hall–Kier alpha value is -4.24. The summed E-state index contributed by atoms with van der Waals surface area (Å²) in [6, 6.07) is 18.3. The topological polar surface area (TPSA) is 77.1 Å². The summed E-state index contributed by atoms with van der Waals surface area (Å²) >= 11 is 5.22. The van der Waals surface area contributed by atoms with E-state index in [2.05, 4.69) is 5.32 Å². The van der Waals surface area contributed by atoms with Crippen LogP contribution in [0.25, 0.3) is 6.08 Å². The number of nitrogens with zero attached hydrogens (tertiary/aromatic N) is 1. The fraction of sp³-hybridized carbons (Fsp3) is 0.0800. The fourth-order valence-electron chi connectivity index (χ4n) is 3.32. The van der Waals surface area contributed by atoms with Gasteiger partial charge in [0.1, 0.15) is 22.9 Å². The molecule has 0 unspecified atom stereocenters. The lowest BCUT2D eigenvalue weighted by Gasteiger charge is -2.29. The highest BCUT2D eigenvalue weighted by molar-refractivity contribution is 7.80. The number of halogens is 1. The van der Waals surface area contributed by atoms with E-state index in [-0.39, 0.29) is 27.7 Å². The molecule has 9 heteroatoms. The van der Waals surface area contributed by atoms with Crippen LogP contribution in [0.1, 0.15) is 5.56 Å².